The van der Waals surface area contributed by atoms with E-state index in [0.29, 0.717) is 10.0 Å². The number of benzene rings is 1. The molecular weight excluding hydrogens is 261 g/mol. The van der Waals surface area contributed by atoms with Crippen molar-refractivity contribution in [3.8, 4) is 0 Å². The van der Waals surface area contributed by atoms with Crippen molar-refractivity contribution in [3.05, 3.63) is 33.8 Å². The van der Waals surface area contributed by atoms with Gasteiger partial charge in [-0.15, -0.1) is 0 Å². The quantitative estimate of drug-likeness (QED) is 0.639. The number of rotatable bonds is 2. The van der Waals surface area contributed by atoms with Crippen LogP contribution in [0.25, 0.3) is 0 Å². The summed E-state index contributed by atoms with van der Waals surface area (Å²) < 4.78 is 37.4. The van der Waals surface area contributed by atoms with Gasteiger partial charge in [0.1, 0.15) is 0 Å². The zero-order chi connectivity index (χ0) is 10.8. The Morgan fingerprint density at radius 3 is 2.50 bits per heavy atom. The van der Waals surface area contributed by atoms with Gasteiger partial charge in [-0.25, -0.2) is 0 Å². The molecule has 0 spiro atoms. The van der Waals surface area contributed by atoms with Gasteiger partial charge in [0.2, 0.25) is 0 Å². The molecule has 0 amide bonds. The highest BCUT2D eigenvalue weighted by molar-refractivity contribution is 9.10. The van der Waals surface area contributed by atoms with E-state index in [1.54, 1.807) is 0 Å². The summed E-state index contributed by atoms with van der Waals surface area (Å²) in [6.45, 7) is 0.185. The first-order valence-corrected chi connectivity index (χ1v) is 4.53. The van der Waals surface area contributed by atoms with Crippen LogP contribution in [0.2, 0.25) is 0 Å². The van der Waals surface area contributed by atoms with Gasteiger partial charge in [0.05, 0.1) is 5.56 Å². The normalized spacial score (nSPS) is 11.8. The lowest BCUT2D eigenvalue weighted by atomic mass is 10.1. The fourth-order valence-electron chi connectivity index (χ4n) is 0.996. The van der Waals surface area contributed by atoms with Gasteiger partial charge in [0.25, 0.3) is 0 Å². The second-order valence-corrected chi connectivity index (χ2v) is 3.54. The van der Waals surface area contributed by atoms with Crippen molar-refractivity contribution in [3.63, 3.8) is 0 Å². The number of hydrogen-bond acceptors (Lipinski definition) is 2. The zero-order valence-electron chi connectivity index (χ0n) is 7.03. The average Bonchev–Trinajstić information content (AvgIpc) is 2.07. The van der Waals surface area contributed by atoms with E-state index in [-0.39, 0.29) is 6.54 Å². The SMILES string of the molecule is NNCc1cc(C(F)(F)F)ccc1Br. The monoisotopic (exact) mass is 268 g/mol. The summed E-state index contributed by atoms with van der Waals surface area (Å²) in [5, 5.41) is 0. The molecule has 0 aromatic heterocycles. The van der Waals surface area contributed by atoms with Crippen LogP contribution in [0.5, 0.6) is 0 Å². The number of alkyl halides is 3. The molecule has 0 fully saturated rings. The number of nitrogens with two attached hydrogens (primary N) is 1. The van der Waals surface area contributed by atoms with Crippen LogP contribution in [0, 0.1) is 0 Å². The Morgan fingerprint density at radius 2 is 2.00 bits per heavy atom. The molecule has 0 radical (unpaired) electrons. The van der Waals surface area contributed by atoms with Gasteiger partial charge in [-0.3, -0.25) is 11.3 Å². The Labute approximate surface area is 87.4 Å². The van der Waals surface area contributed by atoms with Gasteiger partial charge < -0.3 is 0 Å². The summed E-state index contributed by atoms with van der Waals surface area (Å²) in [6, 6.07) is 3.43. The van der Waals surface area contributed by atoms with Gasteiger partial charge in [-0.1, -0.05) is 15.9 Å². The number of halogens is 4. The molecule has 2 nitrogen and oxygen atoms in total. The first kappa shape index (κ1) is 11.5. The number of nitrogens with one attached hydrogen (secondary N) is 1. The van der Waals surface area contributed by atoms with Crippen LogP contribution in [0.15, 0.2) is 22.7 Å². The van der Waals surface area contributed by atoms with Crippen LogP contribution in [0.1, 0.15) is 11.1 Å². The minimum atomic E-state index is -4.32. The molecule has 0 bridgehead atoms. The lowest BCUT2D eigenvalue weighted by Gasteiger charge is -2.09. The van der Waals surface area contributed by atoms with Crippen LogP contribution in [0.4, 0.5) is 13.2 Å². The van der Waals surface area contributed by atoms with Crippen LogP contribution >= 0.6 is 15.9 Å². The largest absolute Gasteiger partial charge is 0.416 e. The molecule has 6 heteroatoms. The van der Waals surface area contributed by atoms with Crippen molar-refractivity contribution >= 4 is 15.9 Å². The van der Waals surface area contributed by atoms with Gasteiger partial charge >= 0.3 is 6.18 Å². The topological polar surface area (TPSA) is 38.0 Å². The summed E-state index contributed by atoms with van der Waals surface area (Å²) in [5.74, 6) is 5.04. The molecule has 0 unspecified atom stereocenters. The summed E-state index contributed by atoms with van der Waals surface area (Å²) in [5.41, 5.74) is 2.11. The van der Waals surface area contributed by atoms with Crippen molar-refractivity contribution in [2.24, 2.45) is 5.84 Å². The third-order valence-electron chi connectivity index (χ3n) is 1.67. The second kappa shape index (κ2) is 4.29. The molecule has 3 N–H and O–H groups in total. The molecule has 1 aromatic rings. The van der Waals surface area contributed by atoms with E-state index in [2.05, 4.69) is 21.4 Å². The number of hydrogen-bond donors (Lipinski definition) is 2. The maximum absolute atomic E-state index is 12.3. The van der Waals surface area contributed by atoms with E-state index < -0.39 is 11.7 Å². The van der Waals surface area contributed by atoms with E-state index in [0.717, 1.165) is 12.1 Å². The Morgan fingerprint density at radius 1 is 1.36 bits per heavy atom. The van der Waals surface area contributed by atoms with E-state index in [4.69, 9.17) is 5.84 Å². The molecule has 14 heavy (non-hydrogen) atoms. The smallest absolute Gasteiger partial charge is 0.271 e. The summed E-state index contributed by atoms with van der Waals surface area (Å²) in [4.78, 5) is 0. The third-order valence-corrected chi connectivity index (χ3v) is 2.44. The summed E-state index contributed by atoms with van der Waals surface area (Å²) in [6.07, 6.45) is -4.32. The molecule has 78 valence electrons. The molecule has 0 heterocycles. The predicted molar refractivity (Wildman–Crippen MR) is 50.2 cm³/mol. The highest BCUT2D eigenvalue weighted by atomic mass is 79.9. The van der Waals surface area contributed by atoms with Crippen molar-refractivity contribution in [2.45, 2.75) is 12.7 Å². The number of hydrazine groups is 1. The lowest BCUT2D eigenvalue weighted by Crippen LogP contribution is -2.21. The first-order valence-electron chi connectivity index (χ1n) is 3.74. The average molecular weight is 269 g/mol. The fraction of sp³-hybridized carbons (Fsp3) is 0.250. The minimum Gasteiger partial charge on any atom is -0.271 e. The molecule has 0 aliphatic heterocycles. The van der Waals surface area contributed by atoms with E-state index in [9.17, 15) is 13.2 Å². The van der Waals surface area contributed by atoms with Crippen molar-refractivity contribution in [2.75, 3.05) is 0 Å². The lowest BCUT2D eigenvalue weighted by molar-refractivity contribution is -0.137. The second-order valence-electron chi connectivity index (χ2n) is 2.68. The molecule has 0 saturated carbocycles. The van der Waals surface area contributed by atoms with E-state index >= 15 is 0 Å². The minimum absolute atomic E-state index is 0.185. The highest BCUT2D eigenvalue weighted by Crippen LogP contribution is 2.31. The van der Waals surface area contributed by atoms with Crippen molar-refractivity contribution in [1.82, 2.24) is 5.43 Å². The predicted octanol–water partition coefficient (Wildman–Crippen LogP) is 2.43. The van der Waals surface area contributed by atoms with Crippen molar-refractivity contribution < 1.29 is 13.2 Å². The molecular formula is C8H8BrF3N2. The van der Waals surface area contributed by atoms with Gasteiger partial charge in [0, 0.05) is 11.0 Å². The van der Waals surface area contributed by atoms with E-state index in [1.807, 2.05) is 0 Å². The van der Waals surface area contributed by atoms with Gasteiger partial charge in [0.15, 0.2) is 0 Å². The maximum Gasteiger partial charge on any atom is 0.416 e. The zero-order valence-corrected chi connectivity index (χ0v) is 8.61. The highest BCUT2D eigenvalue weighted by Gasteiger charge is 2.30. The molecule has 0 aliphatic carbocycles. The molecule has 1 rings (SSSR count). The molecule has 0 saturated heterocycles. The van der Waals surface area contributed by atoms with Crippen LogP contribution in [-0.4, -0.2) is 0 Å². The Kier molecular flexibility index (Phi) is 3.52. The third kappa shape index (κ3) is 2.70. The molecule has 1 aromatic carbocycles. The van der Waals surface area contributed by atoms with Crippen molar-refractivity contribution in [1.29, 1.82) is 0 Å². The standard InChI is InChI=1S/C8H8BrF3N2/c9-7-2-1-6(8(10,11)12)3-5(7)4-14-13/h1-3,14H,4,13H2. The molecule has 0 aliphatic rings. The Balaban J connectivity index is 3.06. The first-order chi connectivity index (χ1) is 6.45. The summed E-state index contributed by atoms with van der Waals surface area (Å²) >= 11 is 3.14. The van der Waals surface area contributed by atoms with Crippen LogP contribution in [0.3, 0.4) is 0 Å². The van der Waals surface area contributed by atoms with E-state index in [1.165, 1.54) is 6.07 Å². The molecule has 0 atom stereocenters. The van der Waals surface area contributed by atoms with Crippen LogP contribution < -0.4 is 11.3 Å². The Bertz CT molecular complexity index is 325. The van der Waals surface area contributed by atoms with Gasteiger partial charge in [-0.2, -0.15) is 13.2 Å². The van der Waals surface area contributed by atoms with Crippen LogP contribution in [-0.2, 0) is 12.7 Å². The Hall–Kier alpha value is -0.590. The fourth-order valence-corrected chi connectivity index (χ4v) is 1.38. The maximum atomic E-state index is 12.3. The summed E-state index contributed by atoms with van der Waals surface area (Å²) in [7, 11) is 0. The van der Waals surface area contributed by atoms with Gasteiger partial charge in [-0.05, 0) is 23.8 Å².